The van der Waals surface area contributed by atoms with Crippen LogP contribution in [0.3, 0.4) is 0 Å². The van der Waals surface area contributed by atoms with Gasteiger partial charge in [-0.15, -0.1) is 0 Å². The third-order valence-electron chi connectivity index (χ3n) is 3.29. The first-order valence-corrected chi connectivity index (χ1v) is 6.96. The van der Waals surface area contributed by atoms with Crippen LogP contribution in [-0.4, -0.2) is 6.54 Å². The molecule has 0 aliphatic carbocycles. The van der Waals surface area contributed by atoms with Gasteiger partial charge in [-0.3, -0.25) is 0 Å². The topological polar surface area (TPSA) is 12.0 Å². The smallest absolute Gasteiger partial charge is 0.142 e. The van der Waals surface area contributed by atoms with Crippen LogP contribution in [0.2, 0.25) is 5.02 Å². The number of rotatable bonds is 4. The van der Waals surface area contributed by atoms with E-state index in [1.807, 2.05) is 6.92 Å². The molecule has 0 aromatic heterocycles. The van der Waals surface area contributed by atoms with Crippen molar-refractivity contribution in [3.63, 3.8) is 0 Å². The number of aryl methyl sites for hydroxylation is 1. The van der Waals surface area contributed by atoms with E-state index in [2.05, 4.69) is 5.32 Å². The lowest BCUT2D eigenvalue weighted by Crippen LogP contribution is -2.24. The van der Waals surface area contributed by atoms with Gasteiger partial charge in [0.2, 0.25) is 0 Å². The molecule has 0 bridgehead atoms. The fourth-order valence-corrected chi connectivity index (χ4v) is 2.34. The summed E-state index contributed by atoms with van der Waals surface area (Å²) in [7, 11) is 0. The minimum atomic E-state index is -0.776. The van der Waals surface area contributed by atoms with Gasteiger partial charge in [0.05, 0.1) is 11.1 Å². The Morgan fingerprint density at radius 3 is 2.43 bits per heavy atom. The van der Waals surface area contributed by atoms with E-state index in [0.29, 0.717) is 17.7 Å². The Morgan fingerprint density at radius 2 is 1.81 bits per heavy atom. The average Bonchev–Trinajstić information content (AvgIpc) is 2.45. The largest absolute Gasteiger partial charge is 0.306 e. The van der Waals surface area contributed by atoms with Crippen LogP contribution in [0.25, 0.3) is 0 Å². The van der Waals surface area contributed by atoms with E-state index in [1.54, 1.807) is 13.0 Å². The summed E-state index contributed by atoms with van der Waals surface area (Å²) in [6.45, 7) is 3.84. The van der Waals surface area contributed by atoms with E-state index in [4.69, 9.17) is 11.6 Å². The summed E-state index contributed by atoms with van der Waals surface area (Å²) >= 11 is 5.65. The Kier molecular flexibility index (Phi) is 4.91. The van der Waals surface area contributed by atoms with Crippen LogP contribution in [0.15, 0.2) is 30.3 Å². The quantitative estimate of drug-likeness (QED) is 0.857. The third-order valence-corrected chi connectivity index (χ3v) is 3.60. The number of benzene rings is 2. The number of hydrogen-bond acceptors (Lipinski definition) is 1. The number of nitrogens with one attached hydrogen (secondary N) is 1. The first-order valence-electron chi connectivity index (χ1n) is 6.58. The van der Waals surface area contributed by atoms with Crippen molar-refractivity contribution in [2.24, 2.45) is 0 Å². The minimum Gasteiger partial charge on any atom is -0.306 e. The summed E-state index contributed by atoms with van der Waals surface area (Å²) in [5.41, 5.74) is 0.643. The molecule has 0 saturated carbocycles. The highest BCUT2D eigenvalue weighted by Crippen LogP contribution is 2.30. The Bertz CT molecular complexity index is 658. The van der Waals surface area contributed by atoms with Gasteiger partial charge >= 0.3 is 0 Å². The highest BCUT2D eigenvalue weighted by atomic mass is 35.5. The molecule has 1 N–H and O–H groups in total. The van der Waals surface area contributed by atoms with Crippen molar-refractivity contribution in [3.05, 3.63) is 69.5 Å². The van der Waals surface area contributed by atoms with Crippen molar-refractivity contribution < 1.29 is 13.2 Å². The van der Waals surface area contributed by atoms with Gasteiger partial charge in [0.1, 0.15) is 17.5 Å². The molecule has 0 radical (unpaired) electrons. The Morgan fingerprint density at radius 1 is 1.10 bits per heavy atom. The zero-order valence-corrected chi connectivity index (χ0v) is 12.4. The van der Waals surface area contributed by atoms with Crippen LogP contribution in [0.1, 0.15) is 29.7 Å². The molecule has 112 valence electrons. The summed E-state index contributed by atoms with van der Waals surface area (Å²) < 4.78 is 42.0. The van der Waals surface area contributed by atoms with Gasteiger partial charge in [-0.05, 0) is 42.8 Å². The SMILES string of the molecule is CCNC(c1ccc(Cl)c(F)c1)c1c(F)ccc(C)c1F. The predicted octanol–water partition coefficient (Wildman–Crippen LogP) is 4.76. The summed E-state index contributed by atoms with van der Waals surface area (Å²) in [6.07, 6.45) is 0. The molecule has 2 aromatic rings. The van der Waals surface area contributed by atoms with Crippen molar-refractivity contribution >= 4 is 11.6 Å². The molecule has 2 rings (SSSR count). The molecule has 1 atom stereocenters. The van der Waals surface area contributed by atoms with E-state index in [0.717, 1.165) is 0 Å². The lowest BCUT2D eigenvalue weighted by Gasteiger charge is -2.21. The molecule has 5 heteroatoms. The van der Waals surface area contributed by atoms with Gasteiger partial charge in [0.15, 0.2) is 0 Å². The summed E-state index contributed by atoms with van der Waals surface area (Å²) in [5, 5.41) is 2.95. The van der Waals surface area contributed by atoms with Gasteiger partial charge in [0.25, 0.3) is 0 Å². The van der Waals surface area contributed by atoms with E-state index >= 15 is 0 Å². The first-order chi connectivity index (χ1) is 9.95. The van der Waals surface area contributed by atoms with E-state index in [-0.39, 0.29) is 10.6 Å². The maximum atomic E-state index is 14.3. The Hall–Kier alpha value is -1.52. The number of halogens is 4. The highest BCUT2D eigenvalue weighted by molar-refractivity contribution is 6.30. The molecular weight excluding hydrogens is 299 g/mol. The van der Waals surface area contributed by atoms with Crippen LogP contribution < -0.4 is 5.32 Å². The highest BCUT2D eigenvalue weighted by Gasteiger charge is 2.23. The second-order valence-electron chi connectivity index (χ2n) is 4.76. The molecule has 2 aromatic carbocycles. The van der Waals surface area contributed by atoms with Crippen LogP contribution in [-0.2, 0) is 0 Å². The maximum Gasteiger partial charge on any atom is 0.142 e. The molecule has 1 nitrogen and oxygen atoms in total. The predicted molar refractivity (Wildman–Crippen MR) is 78.0 cm³/mol. The fraction of sp³-hybridized carbons (Fsp3) is 0.250. The lowest BCUT2D eigenvalue weighted by molar-refractivity contribution is 0.504. The van der Waals surface area contributed by atoms with Gasteiger partial charge in [0, 0.05) is 5.56 Å². The molecule has 0 aliphatic rings. The first kappa shape index (κ1) is 15.9. The molecule has 0 heterocycles. The summed E-state index contributed by atoms with van der Waals surface area (Å²) in [5.74, 6) is -1.92. The third kappa shape index (κ3) is 3.22. The molecule has 0 saturated heterocycles. The van der Waals surface area contributed by atoms with E-state index in [1.165, 1.54) is 24.3 Å². The van der Waals surface area contributed by atoms with E-state index < -0.39 is 23.5 Å². The monoisotopic (exact) mass is 313 g/mol. The minimum absolute atomic E-state index is 0.0285. The van der Waals surface area contributed by atoms with E-state index in [9.17, 15) is 13.2 Å². The molecule has 0 amide bonds. The van der Waals surface area contributed by atoms with Crippen LogP contribution in [0.4, 0.5) is 13.2 Å². The fourth-order valence-electron chi connectivity index (χ4n) is 2.23. The summed E-state index contributed by atoms with van der Waals surface area (Å²) in [6, 6.07) is 5.94. The molecule has 1 unspecified atom stereocenters. The zero-order valence-electron chi connectivity index (χ0n) is 11.7. The van der Waals surface area contributed by atoms with Gasteiger partial charge in [-0.25, -0.2) is 13.2 Å². The molecule has 0 fully saturated rings. The molecular formula is C16H15ClF3N. The Balaban J connectivity index is 2.58. The zero-order chi connectivity index (χ0) is 15.6. The van der Waals surface area contributed by atoms with Crippen molar-refractivity contribution in [3.8, 4) is 0 Å². The summed E-state index contributed by atoms with van der Waals surface area (Å²) in [4.78, 5) is 0. The van der Waals surface area contributed by atoms with Crippen molar-refractivity contribution in [2.75, 3.05) is 6.54 Å². The van der Waals surface area contributed by atoms with Crippen LogP contribution in [0.5, 0.6) is 0 Å². The second-order valence-corrected chi connectivity index (χ2v) is 5.16. The van der Waals surface area contributed by atoms with Gasteiger partial charge in [-0.1, -0.05) is 30.7 Å². The lowest BCUT2D eigenvalue weighted by atomic mass is 9.96. The van der Waals surface area contributed by atoms with Gasteiger partial charge < -0.3 is 5.32 Å². The second kappa shape index (κ2) is 6.50. The van der Waals surface area contributed by atoms with Gasteiger partial charge in [-0.2, -0.15) is 0 Å². The standard InChI is InChI=1S/C16H15ClF3N/c1-3-21-16(10-5-6-11(17)13(19)8-10)14-12(18)7-4-9(2)15(14)20/h4-8,16,21H,3H2,1-2H3. The van der Waals surface area contributed by atoms with Crippen LogP contribution in [0, 0.1) is 24.4 Å². The maximum absolute atomic E-state index is 14.3. The van der Waals surface area contributed by atoms with Crippen molar-refractivity contribution in [1.82, 2.24) is 5.32 Å². The molecule has 21 heavy (non-hydrogen) atoms. The Labute approximate surface area is 126 Å². The van der Waals surface area contributed by atoms with Crippen molar-refractivity contribution in [1.29, 1.82) is 0 Å². The van der Waals surface area contributed by atoms with Crippen molar-refractivity contribution in [2.45, 2.75) is 19.9 Å². The van der Waals surface area contributed by atoms with Crippen LogP contribution >= 0.6 is 11.6 Å². The number of hydrogen-bond donors (Lipinski definition) is 1. The molecule has 0 aliphatic heterocycles. The molecule has 0 spiro atoms. The normalized spacial score (nSPS) is 12.5. The average molecular weight is 314 g/mol.